The SMILES string of the molecule is FC(F)(F)c1ccc(-c2cn3c(n2)CNCCC3)cc1. The summed E-state index contributed by atoms with van der Waals surface area (Å²) in [5, 5.41) is 3.27. The van der Waals surface area contributed by atoms with Gasteiger partial charge in [0.05, 0.1) is 17.8 Å². The van der Waals surface area contributed by atoms with Crippen LogP contribution in [0.5, 0.6) is 0 Å². The zero-order chi connectivity index (χ0) is 14.2. The van der Waals surface area contributed by atoms with Crippen LogP contribution in [0.1, 0.15) is 17.8 Å². The van der Waals surface area contributed by atoms with Crippen LogP contribution in [0.3, 0.4) is 0 Å². The van der Waals surface area contributed by atoms with Crippen LogP contribution >= 0.6 is 0 Å². The van der Waals surface area contributed by atoms with Crippen LogP contribution in [-0.2, 0) is 19.3 Å². The van der Waals surface area contributed by atoms with Crippen molar-refractivity contribution in [3.63, 3.8) is 0 Å². The molecule has 20 heavy (non-hydrogen) atoms. The second kappa shape index (κ2) is 4.94. The number of hydrogen-bond donors (Lipinski definition) is 1. The molecule has 106 valence electrons. The Balaban J connectivity index is 1.90. The van der Waals surface area contributed by atoms with E-state index in [-0.39, 0.29) is 0 Å². The highest BCUT2D eigenvalue weighted by molar-refractivity contribution is 5.59. The summed E-state index contributed by atoms with van der Waals surface area (Å²) < 4.78 is 39.6. The Morgan fingerprint density at radius 1 is 1.15 bits per heavy atom. The molecule has 0 spiro atoms. The molecule has 3 rings (SSSR count). The van der Waals surface area contributed by atoms with Gasteiger partial charge in [0.25, 0.3) is 0 Å². The number of benzene rings is 1. The zero-order valence-electron chi connectivity index (χ0n) is 10.7. The number of nitrogens with zero attached hydrogens (tertiary/aromatic N) is 2. The average Bonchev–Trinajstić information content (AvgIpc) is 2.69. The third kappa shape index (κ3) is 2.56. The van der Waals surface area contributed by atoms with Crippen molar-refractivity contribution in [2.45, 2.75) is 25.7 Å². The number of halogens is 3. The fourth-order valence-electron chi connectivity index (χ4n) is 2.33. The molecule has 0 bridgehead atoms. The maximum atomic E-state index is 12.5. The third-order valence-electron chi connectivity index (χ3n) is 3.40. The summed E-state index contributed by atoms with van der Waals surface area (Å²) in [5.41, 5.74) is 0.791. The molecule has 2 aromatic rings. The molecule has 0 saturated heterocycles. The Morgan fingerprint density at radius 3 is 2.60 bits per heavy atom. The number of fused-ring (bicyclic) bond motifs is 1. The zero-order valence-corrected chi connectivity index (χ0v) is 10.7. The molecular formula is C14H14F3N3. The molecule has 2 heterocycles. The molecule has 1 aliphatic heterocycles. The molecule has 1 aromatic carbocycles. The average molecular weight is 281 g/mol. The van der Waals surface area contributed by atoms with Crippen molar-refractivity contribution in [2.24, 2.45) is 0 Å². The van der Waals surface area contributed by atoms with Gasteiger partial charge in [0.2, 0.25) is 0 Å². The summed E-state index contributed by atoms with van der Waals surface area (Å²) in [5.74, 6) is 0.928. The van der Waals surface area contributed by atoms with Crippen LogP contribution in [-0.4, -0.2) is 16.1 Å². The minimum absolute atomic E-state index is 0.635. The molecule has 1 N–H and O–H groups in total. The summed E-state index contributed by atoms with van der Waals surface area (Å²) in [6.07, 6.45) is -1.37. The minimum atomic E-state index is -4.30. The van der Waals surface area contributed by atoms with Crippen molar-refractivity contribution in [3.05, 3.63) is 41.9 Å². The molecule has 6 heteroatoms. The fourth-order valence-corrected chi connectivity index (χ4v) is 2.33. The number of hydrogen-bond acceptors (Lipinski definition) is 2. The van der Waals surface area contributed by atoms with Gasteiger partial charge in [-0.05, 0) is 25.1 Å². The van der Waals surface area contributed by atoms with Crippen molar-refractivity contribution >= 4 is 0 Å². The van der Waals surface area contributed by atoms with Gasteiger partial charge in [-0.15, -0.1) is 0 Å². The van der Waals surface area contributed by atoms with Gasteiger partial charge < -0.3 is 9.88 Å². The Bertz CT molecular complexity index is 576. The van der Waals surface area contributed by atoms with E-state index in [4.69, 9.17) is 0 Å². The van der Waals surface area contributed by atoms with Crippen LogP contribution in [0.25, 0.3) is 11.3 Å². The lowest BCUT2D eigenvalue weighted by Crippen LogP contribution is -2.12. The summed E-state index contributed by atoms with van der Waals surface area (Å²) in [6, 6.07) is 5.13. The van der Waals surface area contributed by atoms with Crippen molar-refractivity contribution < 1.29 is 13.2 Å². The van der Waals surface area contributed by atoms with Gasteiger partial charge in [0.1, 0.15) is 5.82 Å². The molecule has 3 nitrogen and oxygen atoms in total. The van der Waals surface area contributed by atoms with Gasteiger partial charge in [-0.25, -0.2) is 4.98 Å². The Labute approximate surface area is 114 Å². The molecule has 0 amide bonds. The first-order valence-corrected chi connectivity index (χ1v) is 6.48. The van der Waals surface area contributed by atoms with Crippen LogP contribution in [0.15, 0.2) is 30.5 Å². The smallest absolute Gasteiger partial charge is 0.333 e. The Kier molecular flexibility index (Phi) is 3.25. The van der Waals surface area contributed by atoms with Gasteiger partial charge >= 0.3 is 6.18 Å². The second-order valence-electron chi connectivity index (χ2n) is 4.84. The van der Waals surface area contributed by atoms with Crippen molar-refractivity contribution in [1.29, 1.82) is 0 Å². The predicted octanol–water partition coefficient (Wildman–Crippen LogP) is 3.06. The normalized spacial score (nSPS) is 15.8. The molecule has 1 aliphatic rings. The maximum absolute atomic E-state index is 12.5. The van der Waals surface area contributed by atoms with Crippen LogP contribution < -0.4 is 5.32 Å². The van der Waals surface area contributed by atoms with E-state index in [1.165, 1.54) is 12.1 Å². The van der Waals surface area contributed by atoms with Crippen LogP contribution in [0, 0.1) is 0 Å². The summed E-state index contributed by atoms with van der Waals surface area (Å²) in [6.45, 7) is 2.54. The standard InChI is InChI=1S/C14H14F3N3/c15-14(16,17)11-4-2-10(3-5-11)12-9-20-7-1-6-18-8-13(20)19-12/h2-5,9,18H,1,6-8H2. The monoisotopic (exact) mass is 281 g/mol. The van der Waals surface area contributed by atoms with Crippen molar-refractivity contribution in [1.82, 2.24) is 14.9 Å². The highest BCUT2D eigenvalue weighted by atomic mass is 19.4. The molecule has 1 aromatic heterocycles. The van der Waals surface area contributed by atoms with E-state index in [0.29, 0.717) is 12.1 Å². The predicted molar refractivity (Wildman–Crippen MR) is 69.0 cm³/mol. The second-order valence-corrected chi connectivity index (χ2v) is 4.84. The first-order valence-electron chi connectivity index (χ1n) is 6.48. The molecule has 0 unspecified atom stereocenters. The first kappa shape index (κ1) is 13.2. The van der Waals surface area contributed by atoms with Gasteiger partial charge in [-0.1, -0.05) is 12.1 Å². The maximum Gasteiger partial charge on any atom is 0.416 e. The van der Waals surface area contributed by atoms with E-state index < -0.39 is 11.7 Å². The van der Waals surface area contributed by atoms with Crippen molar-refractivity contribution in [2.75, 3.05) is 6.54 Å². The Hall–Kier alpha value is -1.82. The molecule has 0 aliphatic carbocycles. The van der Waals surface area contributed by atoms with Gasteiger partial charge in [0, 0.05) is 18.3 Å². The summed E-state index contributed by atoms with van der Waals surface area (Å²) >= 11 is 0. The molecule has 0 radical (unpaired) electrons. The van der Waals surface area contributed by atoms with Crippen LogP contribution in [0.2, 0.25) is 0 Å². The molecule has 0 saturated carbocycles. The van der Waals surface area contributed by atoms with Crippen molar-refractivity contribution in [3.8, 4) is 11.3 Å². The van der Waals surface area contributed by atoms with E-state index in [1.54, 1.807) is 0 Å². The lowest BCUT2D eigenvalue weighted by Gasteiger charge is -2.06. The van der Waals surface area contributed by atoms with Crippen LogP contribution in [0.4, 0.5) is 13.2 Å². The van der Waals surface area contributed by atoms with E-state index in [2.05, 4.69) is 14.9 Å². The highest BCUT2D eigenvalue weighted by Crippen LogP contribution is 2.30. The van der Waals surface area contributed by atoms with Gasteiger partial charge in [0.15, 0.2) is 0 Å². The van der Waals surface area contributed by atoms with E-state index in [9.17, 15) is 13.2 Å². The van der Waals surface area contributed by atoms with Gasteiger partial charge in [-0.3, -0.25) is 0 Å². The van der Waals surface area contributed by atoms with E-state index in [1.807, 2.05) is 6.20 Å². The number of aromatic nitrogens is 2. The minimum Gasteiger partial charge on any atom is -0.333 e. The van der Waals surface area contributed by atoms with E-state index >= 15 is 0 Å². The fraction of sp³-hybridized carbons (Fsp3) is 0.357. The number of alkyl halides is 3. The lowest BCUT2D eigenvalue weighted by atomic mass is 10.1. The first-order chi connectivity index (χ1) is 9.54. The number of aryl methyl sites for hydroxylation is 1. The molecular weight excluding hydrogens is 267 g/mol. The summed E-state index contributed by atoms with van der Waals surface area (Å²) in [7, 11) is 0. The quantitative estimate of drug-likeness (QED) is 0.870. The van der Waals surface area contributed by atoms with E-state index in [0.717, 1.165) is 43.2 Å². The summed E-state index contributed by atoms with van der Waals surface area (Å²) in [4.78, 5) is 4.49. The molecule has 0 fully saturated rings. The molecule has 0 atom stereocenters. The highest BCUT2D eigenvalue weighted by Gasteiger charge is 2.30. The third-order valence-corrected chi connectivity index (χ3v) is 3.40. The lowest BCUT2D eigenvalue weighted by molar-refractivity contribution is -0.137. The topological polar surface area (TPSA) is 29.9 Å². The number of nitrogens with one attached hydrogen (secondary N) is 1. The largest absolute Gasteiger partial charge is 0.416 e. The van der Waals surface area contributed by atoms with Gasteiger partial charge in [-0.2, -0.15) is 13.2 Å². The number of rotatable bonds is 1. The Morgan fingerprint density at radius 2 is 1.90 bits per heavy atom. The number of imidazole rings is 1.